The fourth-order valence-corrected chi connectivity index (χ4v) is 7.54. The third-order valence-electron chi connectivity index (χ3n) is 10.9. The summed E-state index contributed by atoms with van der Waals surface area (Å²) in [5, 5.41) is 85.9. The van der Waals surface area contributed by atoms with E-state index >= 15 is 0 Å². The van der Waals surface area contributed by atoms with Gasteiger partial charge < -0.3 is 78.7 Å². The van der Waals surface area contributed by atoms with E-state index in [4.69, 9.17) is 33.2 Å². The van der Waals surface area contributed by atoms with Gasteiger partial charge in [0.2, 0.25) is 0 Å². The van der Waals surface area contributed by atoms with Crippen LogP contribution in [0, 0.1) is 0 Å². The SMILES string of the molecule is COC(=O)CCCCCO[C@@H]1O[C@H](CO[C@@H]2O[C@H](CO)[C@H](O)[C@H](O[C@H]3O[C@H](CO)[C@H](O)[C@H](O)[C@H]3O)[C@H]2OC(=O)c2ccccc2)[C@@H](O)[C@H](O)[C@H]1N1C(=O)c2ccccc2C1=O. The minimum atomic E-state index is -1.96. The highest BCUT2D eigenvalue weighted by Gasteiger charge is 2.56. The molecule has 21 heteroatoms. The normalized spacial score (nSPS) is 35.2. The molecule has 336 valence electrons. The first-order chi connectivity index (χ1) is 29.3. The number of aliphatic hydroxyl groups excluding tert-OH is 8. The molecule has 3 fully saturated rings. The van der Waals surface area contributed by atoms with E-state index < -0.39 is 136 Å². The van der Waals surface area contributed by atoms with Gasteiger partial charge in [-0.25, -0.2) is 4.79 Å². The quantitative estimate of drug-likeness (QED) is 0.0458. The zero-order valence-electron chi connectivity index (χ0n) is 32.9. The summed E-state index contributed by atoms with van der Waals surface area (Å²) in [6.07, 6.45) is -22.9. The van der Waals surface area contributed by atoms with Gasteiger partial charge in [0, 0.05) is 13.0 Å². The van der Waals surface area contributed by atoms with E-state index in [9.17, 15) is 60.0 Å². The average Bonchev–Trinajstić information content (AvgIpc) is 3.52. The summed E-state index contributed by atoms with van der Waals surface area (Å²) in [5.41, 5.74) is 0.158. The van der Waals surface area contributed by atoms with E-state index in [-0.39, 0.29) is 29.7 Å². The first-order valence-corrected chi connectivity index (χ1v) is 19.8. The van der Waals surface area contributed by atoms with Crippen molar-refractivity contribution in [3.05, 3.63) is 71.3 Å². The Morgan fingerprint density at radius 2 is 1.23 bits per heavy atom. The molecular weight excluding hydrogens is 814 g/mol. The van der Waals surface area contributed by atoms with Crippen molar-refractivity contribution >= 4 is 23.8 Å². The predicted molar refractivity (Wildman–Crippen MR) is 200 cm³/mol. The highest BCUT2D eigenvalue weighted by molar-refractivity contribution is 6.21. The fraction of sp³-hybridized carbons (Fsp3) is 0.600. The number of esters is 2. The molecule has 0 aliphatic carbocycles. The molecule has 0 spiro atoms. The molecule has 3 saturated heterocycles. The summed E-state index contributed by atoms with van der Waals surface area (Å²) in [6.45, 7) is -2.43. The molecule has 15 atom stereocenters. The summed E-state index contributed by atoms with van der Waals surface area (Å²) in [6, 6.07) is 12.0. The lowest BCUT2D eigenvalue weighted by Crippen LogP contribution is -2.67. The van der Waals surface area contributed by atoms with Gasteiger partial charge in [0.1, 0.15) is 67.1 Å². The molecule has 6 rings (SSSR count). The van der Waals surface area contributed by atoms with E-state index in [1.165, 1.54) is 31.4 Å². The molecule has 2 aromatic carbocycles. The standard InChI is InChI=1S/C40H51NO20/c1-54-25(44)14-6-3-9-15-55-38-26(41-35(51)20-12-7-8-13-21(20)36(41)52)30(48)28(46)24(59-38)18-56-40-34(60-37(53)19-10-4-2-5-11-19)33(29(47)23(17-43)58-40)61-39-32(50)31(49)27(45)22(16-42)57-39/h2,4-5,7-8,10-13,22-24,26-34,38-40,42-43,45-50H,3,6,9,14-18H2,1H3/t22-,23-,24-,26-,27+,28-,29+,30-,31+,32-,33+,34-,38-,39-,40-/m1/s1. The molecule has 2 amide bonds. The molecule has 4 aliphatic rings. The van der Waals surface area contributed by atoms with Gasteiger partial charge in [-0.05, 0) is 37.1 Å². The first kappa shape index (κ1) is 46.5. The summed E-state index contributed by atoms with van der Waals surface area (Å²) < 4.78 is 45.7. The van der Waals surface area contributed by atoms with Crippen LogP contribution in [0.25, 0.3) is 0 Å². The van der Waals surface area contributed by atoms with Crippen LogP contribution in [-0.2, 0) is 42.7 Å². The van der Waals surface area contributed by atoms with Crippen molar-refractivity contribution in [2.45, 2.75) is 118 Å². The Morgan fingerprint density at radius 1 is 0.639 bits per heavy atom. The van der Waals surface area contributed by atoms with Crippen LogP contribution in [-0.4, -0.2) is 195 Å². The topological polar surface area (TPSA) is 307 Å². The van der Waals surface area contributed by atoms with Gasteiger partial charge in [0.15, 0.2) is 25.0 Å². The van der Waals surface area contributed by atoms with E-state index in [1.54, 1.807) is 30.3 Å². The largest absolute Gasteiger partial charge is 0.469 e. The maximum Gasteiger partial charge on any atom is 0.338 e. The summed E-state index contributed by atoms with van der Waals surface area (Å²) in [5.74, 6) is -2.90. The lowest BCUT2D eigenvalue weighted by atomic mass is 9.95. The van der Waals surface area contributed by atoms with Crippen molar-refractivity contribution < 1.29 is 97.9 Å². The van der Waals surface area contributed by atoms with Crippen molar-refractivity contribution in [3.63, 3.8) is 0 Å². The van der Waals surface area contributed by atoms with Gasteiger partial charge in [-0.3, -0.25) is 19.3 Å². The maximum absolute atomic E-state index is 13.6. The highest BCUT2D eigenvalue weighted by atomic mass is 16.8. The zero-order chi connectivity index (χ0) is 44.0. The van der Waals surface area contributed by atoms with Crippen LogP contribution in [0.1, 0.15) is 56.8 Å². The number of imide groups is 1. The molecule has 0 aromatic heterocycles. The number of ether oxygens (including phenoxy) is 8. The van der Waals surface area contributed by atoms with Crippen LogP contribution >= 0.6 is 0 Å². The summed E-state index contributed by atoms with van der Waals surface area (Å²) >= 11 is 0. The van der Waals surface area contributed by atoms with Crippen molar-refractivity contribution in [1.29, 1.82) is 0 Å². The molecule has 8 N–H and O–H groups in total. The van der Waals surface area contributed by atoms with Crippen LogP contribution < -0.4 is 0 Å². The van der Waals surface area contributed by atoms with E-state index in [0.717, 1.165) is 4.90 Å². The number of carbonyl (C=O) groups excluding carboxylic acids is 4. The molecule has 4 aliphatic heterocycles. The van der Waals surface area contributed by atoms with Gasteiger partial charge in [-0.1, -0.05) is 36.8 Å². The summed E-state index contributed by atoms with van der Waals surface area (Å²) in [7, 11) is 1.27. The van der Waals surface area contributed by atoms with Crippen LogP contribution in [0.3, 0.4) is 0 Å². The number of methoxy groups -OCH3 is 1. The number of hydrogen-bond donors (Lipinski definition) is 8. The lowest BCUT2D eigenvalue weighted by molar-refractivity contribution is -0.363. The predicted octanol–water partition coefficient (Wildman–Crippen LogP) is -2.65. The Morgan fingerprint density at radius 3 is 1.87 bits per heavy atom. The third kappa shape index (κ3) is 10.1. The Bertz CT molecular complexity index is 1770. The van der Waals surface area contributed by atoms with Crippen molar-refractivity contribution in [2.75, 3.05) is 33.5 Å². The fourth-order valence-electron chi connectivity index (χ4n) is 7.54. The lowest BCUT2D eigenvalue weighted by Gasteiger charge is -2.47. The second kappa shape index (κ2) is 20.9. The molecule has 4 heterocycles. The number of unbranched alkanes of at least 4 members (excludes halogenated alkanes) is 2. The van der Waals surface area contributed by atoms with Crippen molar-refractivity contribution in [3.8, 4) is 0 Å². The van der Waals surface area contributed by atoms with Crippen LogP contribution in [0.5, 0.6) is 0 Å². The molecule has 0 unspecified atom stereocenters. The number of nitrogens with zero attached hydrogens (tertiary/aromatic N) is 1. The zero-order valence-corrected chi connectivity index (χ0v) is 32.9. The Hall–Kier alpha value is -4.04. The molecule has 61 heavy (non-hydrogen) atoms. The highest BCUT2D eigenvalue weighted by Crippen LogP contribution is 2.35. The van der Waals surface area contributed by atoms with E-state index in [1.807, 2.05) is 0 Å². The Labute approximate surface area is 348 Å². The van der Waals surface area contributed by atoms with Gasteiger partial charge >= 0.3 is 11.9 Å². The number of fused-ring (bicyclic) bond motifs is 1. The molecule has 0 saturated carbocycles. The number of amides is 2. The monoisotopic (exact) mass is 865 g/mol. The maximum atomic E-state index is 13.6. The van der Waals surface area contributed by atoms with Crippen LogP contribution in [0.2, 0.25) is 0 Å². The van der Waals surface area contributed by atoms with E-state index in [2.05, 4.69) is 4.74 Å². The molecule has 21 nitrogen and oxygen atoms in total. The van der Waals surface area contributed by atoms with Crippen molar-refractivity contribution in [1.82, 2.24) is 4.90 Å². The second-order valence-electron chi connectivity index (χ2n) is 14.9. The Kier molecular flexibility index (Phi) is 15.9. The molecule has 0 bridgehead atoms. The molecule has 0 radical (unpaired) electrons. The van der Waals surface area contributed by atoms with E-state index in [0.29, 0.717) is 19.3 Å². The third-order valence-corrected chi connectivity index (χ3v) is 10.9. The number of carbonyl (C=O) groups is 4. The van der Waals surface area contributed by atoms with Gasteiger partial charge in [-0.2, -0.15) is 0 Å². The Balaban J connectivity index is 1.24. The number of benzene rings is 2. The molecular formula is C40H51NO20. The minimum absolute atomic E-state index is 0.0326. The summed E-state index contributed by atoms with van der Waals surface area (Å²) in [4.78, 5) is 52.9. The minimum Gasteiger partial charge on any atom is -0.469 e. The van der Waals surface area contributed by atoms with Gasteiger partial charge in [-0.15, -0.1) is 0 Å². The average molecular weight is 866 g/mol. The first-order valence-electron chi connectivity index (χ1n) is 19.8. The van der Waals surface area contributed by atoms with Crippen LogP contribution in [0.15, 0.2) is 54.6 Å². The van der Waals surface area contributed by atoms with Gasteiger partial charge in [0.05, 0.1) is 43.6 Å². The van der Waals surface area contributed by atoms with Crippen LogP contribution in [0.4, 0.5) is 0 Å². The smallest absolute Gasteiger partial charge is 0.338 e. The number of rotatable bonds is 17. The second-order valence-corrected chi connectivity index (χ2v) is 14.9. The number of hydrogen-bond acceptors (Lipinski definition) is 20. The number of aliphatic hydroxyl groups is 8. The van der Waals surface area contributed by atoms with Gasteiger partial charge in [0.25, 0.3) is 11.8 Å². The van der Waals surface area contributed by atoms with Crippen molar-refractivity contribution in [2.24, 2.45) is 0 Å². The molecule has 2 aromatic rings.